The number of halogens is 3. The number of hydrogen-bond donors (Lipinski definition) is 2. The molecule has 5 nitrogen and oxygen atoms in total. The topological polar surface area (TPSA) is 66.6 Å². The van der Waals surface area contributed by atoms with E-state index in [1.807, 2.05) is 25.1 Å². The van der Waals surface area contributed by atoms with Crippen LogP contribution in [-0.4, -0.2) is 11.6 Å². The van der Waals surface area contributed by atoms with Crippen LogP contribution >= 0.6 is 0 Å². The highest BCUT2D eigenvalue weighted by Crippen LogP contribution is 2.32. The minimum absolute atomic E-state index is 0.213. The number of alkyl halides is 3. The van der Waals surface area contributed by atoms with E-state index < -0.39 is 11.7 Å². The summed E-state index contributed by atoms with van der Waals surface area (Å²) in [5.74, 6) is 0.519. The highest BCUT2D eigenvalue weighted by molar-refractivity contribution is 6.09. The van der Waals surface area contributed by atoms with E-state index in [-0.39, 0.29) is 17.4 Å². The highest BCUT2D eigenvalue weighted by atomic mass is 19.4. The summed E-state index contributed by atoms with van der Waals surface area (Å²) in [5, 5.41) is 7.20. The number of carbonyl (C=O) groups excluding carboxylic acids is 1. The van der Waals surface area contributed by atoms with E-state index in [1.165, 1.54) is 12.1 Å². The molecule has 1 heterocycles. The summed E-state index contributed by atoms with van der Waals surface area (Å²) in [4.78, 5) is 12.8. The van der Waals surface area contributed by atoms with E-state index >= 15 is 0 Å². The van der Waals surface area contributed by atoms with Gasteiger partial charge in [0.25, 0.3) is 5.91 Å². The van der Waals surface area contributed by atoms with E-state index in [9.17, 15) is 18.0 Å². The molecule has 166 valence electrons. The molecule has 0 radical (unpaired) electrons. The molecule has 0 aliphatic heterocycles. The van der Waals surface area contributed by atoms with E-state index in [0.29, 0.717) is 35.6 Å². The zero-order valence-corrected chi connectivity index (χ0v) is 17.6. The predicted molar refractivity (Wildman–Crippen MR) is 117 cm³/mol. The number of benzene rings is 2. The van der Waals surface area contributed by atoms with Crippen molar-refractivity contribution in [3.8, 4) is 0 Å². The average Bonchev–Trinajstić information content (AvgIpc) is 3.09. The lowest BCUT2D eigenvalue weighted by atomic mass is 9.93. The molecule has 3 aromatic rings. The summed E-state index contributed by atoms with van der Waals surface area (Å²) in [6.45, 7) is 3.73. The Kier molecular flexibility index (Phi) is 5.78. The molecule has 0 unspecified atom stereocenters. The first-order valence-corrected chi connectivity index (χ1v) is 10.2. The highest BCUT2D eigenvalue weighted by Gasteiger charge is 2.31. The summed E-state index contributed by atoms with van der Waals surface area (Å²) >= 11 is 0. The third kappa shape index (κ3) is 4.54. The van der Waals surface area contributed by atoms with Crippen LogP contribution in [0.3, 0.4) is 0 Å². The Balaban J connectivity index is 1.59. The molecule has 0 saturated heterocycles. The third-order valence-electron chi connectivity index (χ3n) is 5.32. The van der Waals surface area contributed by atoms with Gasteiger partial charge >= 0.3 is 6.18 Å². The molecule has 0 spiro atoms. The van der Waals surface area contributed by atoms with Gasteiger partial charge in [-0.2, -0.15) is 18.3 Å². The van der Waals surface area contributed by atoms with Crippen LogP contribution in [0.15, 0.2) is 58.0 Å². The quantitative estimate of drug-likeness (QED) is 0.466. The third-order valence-corrected chi connectivity index (χ3v) is 5.32. The van der Waals surface area contributed by atoms with Crippen molar-refractivity contribution in [1.29, 1.82) is 0 Å². The molecule has 8 heteroatoms. The van der Waals surface area contributed by atoms with Crippen LogP contribution in [0.2, 0.25) is 0 Å². The van der Waals surface area contributed by atoms with Crippen LogP contribution in [0.1, 0.15) is 51.4 Å². The molecule has 1 aromatic heterocycles. The van der Waals surface area contributed by atoms with Gasteiger partial charge in [0.2, 0.25) is 0 Å². The van der Waals surface area contributed by atoms with Crippen LogP contribution in [-0.2, 0) is 12.6 Å². The predicted octanol–water partition coefficient (Wildman–Crippen LogP) is 6.32. The number of hydrogen-bond acceptors (Lipinski definition) is 4. The summed E-state index contributed by atoms with van der Waals surface area (Å²) in [6, 6.07) is 12.3. The first kappa shape index (κ1) is 21.7. The molecule has 1 amide bonds. The van der Waals surface area contributed by atoms with Crippen molar-refractivity contribution >= 4 is 23.0 Å². The number of nitrogens with zero attached hydrogens (tertiary/aromatic N) is 1. The molecule has 0 bridgehead atoms. The van der Waals surface area contributed by atoms with Crippen LogP contribution < -0.4 is 10.7 Å². The average molecular weight is 441 g/mol. The maximum absolute atomic E-state index is 13.0. The fourth-order valence-corrected chi connectivity index (χ4v) is 3.80. The van der Waals surface area contributed by atoms with Crippen molar-refractivity contribution < 1.29 is 22.4 Å². The Hall–Kier alpha value is -3.55. The molecule has 4 rings (SSSR count). The normalized spacial score (nSPS) is 14.8. The zero-order chi connectivity index (χ0) is 22.9. The molecule has 2 aromatic carbocycles. The molecule has 1 aliphatic rings. The van der Waals surface area contributed by atoms with Crippen LogP contribution in [0, 0.1) is 13.8 Å². The number of anilines is 2. The maximum atomic E-state index is 13.0. The molecule has 0 saturated carbocycles. The monoisotopic (exact) mass is 441 g/mol. The van der Waals surface area contributed by atoms with Crippen molar-refractivity contribution in [3.63, 3.8) is 0 Å². The summed E-state index contributed by atoms with van der Waals surface area (Å²) in [5.41, 5.74) is 5.96. The summed E-state index contributed by atoms with van der Waals surface area (Å²) in [6.07, 6.45) is -2.37. The second kappa shape index (κ2) is 8.53. The zero-order valence-electron chi connectivity index (χ0n) is 17.6. The maximum Gasteiger partial charge on any atom is 0.416 e. The lowest BCUT2D eigenvalue weighted by Crippen LogP contribution is -2.14. The number of fused-ring (bicyclic) bond motifs is 1. The Morgan fingerprint density at radius 2 is 1.78 bits per heavy atom. The Bertz CT molecular complexity index is 1200. The van der Waals surface area contributed by atoms with Crippen molar-refractivity contribution in [1.82, 2.24) is 0 Å². The lowest BCUT2D eigenvalue weighted by molar-refractivity contribution is -0.137. The molecule has 0 fully saturated rings. The van der Waals surface area contributed by atoms with Crippen LogP contribution in [0.5, 0.6) is 0 Å². The Labute approximate surface area is 183 Å². The van der Waals surface area contributed by atoms with Gasteiger partial charge in [-0.25, -0.2) is 0 Å². The largest absolute Gasteiger partial charge is 0.455 e. The van der Waals surface area contributed by atoms with E-state index in [0.717, 1.165) is 29.7 Å². The molecule has 2 N–H and O–H groups in total. The fourth-order valence-electron chi connectivity index (χ4n) is 3.80. The van der Waals surface area contributed by atoms with Gasteiger partial charge in [0.05, 0.1) is 17.0 Å². The van der Waals surface area contributed by atoms with Gasteiger partial charge < -0.3 is 9.73 Å². The number of aryl methyl sites for hydroxylation is 2. The number of furan rings is 1. The van der Waals surface area contributed by atoms with Crippen molar-refractivity contribution in [2.45, 2.75) is 39.3 Å². The first-order chi connectivity index (χ1) is 15.2. The number of rotatable bonds is 4. The second-order valence-corrected chi connectivity index (χ2v) is 7.78. The van der Waals surface area contributed by atoms with Gasteiger partial charge in [0.1, 0.15) is 5.76 Å². The molecular formula is C24H22F3N3O2. The Morgan fingerprint density at radius 3 is 2.53 bits per heavy atom. The van der Waals surface area contributed by atoms with E-state index in [1.54, 1.807) is 13.0 Å². The van der Waals surface area contributed by atoms with Crippen molar-refractivity contribution in [2.75, 3.05) is 10.7 Å². The minimum Gasteiger partial charge on any atom is -0.455 e. The van der Waals surface area contributed by atoms with E-state index in [2.05, 4.69) is 15.8 Å². The summed E-state index contributed by atoms with van der Waals surface area (Å²) < 4.78 is 44.7. The van der Waals surface area contributed by atoms with Crippen molar-refractivity contribution in [2.24, 2.45) is 5.10 Å². The van der Waals surface area contributed by atoms with Gasteiger partial charge in [-0.05, 0) is 62.6 Å². The minimum atomic E-state index is -4.43. The molecule has 32 heavy (non-hydrogen) atoms. The number of amides is 1. The molecule has 1 aliphatic carbocycles. The fraction of sp³-hybridized carbons (Fsp3) is 0.250. The molecular weight excluding hydrogens is 419 g/mol. The van der Waals surface area contributed by atoms with Gasteiger partial charge in [0, 0.05) is 23.2 Å². The standard InChI is InChI=1S/C24H22F3N3O2/c1-14-6-3-8-17(12-14)28-23(31)22-15(2)21-19(10-5-11-20(21)32-22)30-29-18-9-4-7-16(13-18)24(25,26)27/h3-4,6-9,12-13,29H,5,10-11H2,1-2H3,(H,28,31)/b30-19+. The molecule has 0 atom stereocenters. The van der Waals surface area contributed by atoms with Gasteiger partial charge in [0.15, 0.2) is 5.76 Å². The first-order valence-electron chi connectivity index (χ1n) is 10.2. The number of nitrogens with one attached hydrogen (secondary N) is 2. The smallest absolute Gasteiger partial charge is 0.416 e. The SMILES string of the molecule is Cc1cccc(NC(=O)c2oc3c(c2C)/C(=N/Nc2cccc(C(F)(F)F)c2)CCC3)c1. The van der Waals surface area contributed by atoms with Crippen LogP contribution in [0.25, 0.3) is 0 Å². The second-order valence-electron chi connectivity index (χ2n) is 7.78. The lowest BCUT2D eigenvalue weighted by Gasteiger charge is -2.14. The number of hydrazone groups is 1. The van der Waals surface area contributed by atoms with E-state index in [4.69, 9.17) is 4.42 Å². The van der Waals surface area contributed by atoms with Gasteiger partial charge in [-0.3, -0.25) is 10.2 Å². The van der Waals surface area contributed by atoms with Crippen LogP contribution in [0.4, 0.5) is 24.5 Å². The van der Waals surface area contributed by atoms with Crippen molar-refractivity contribution in [3.05, 3.63) is 82.3 Å². The van der Waals surface area contributed by atoms with Gasteiger partial charge in [-0.1, -0.05) is 18.2 Å². The Morgan fingerprint density at radius 1 is 1.03 bits per heavy atom. The van der Waals surface area contributed by atoms with Gasteiger partial charge in [-0.15, -0.1) is 0 Å². The number of carbonyl (C=O) groups is 1. The summed E-state index contributed by atoms with van der Waals surface area (Å²) in [7, 11) is 0.